The number of ether oxygens (including phenoxy) is 2. The molecule has 1 atom stereocenters. The summed E-state index contributed by atoms with van der Waals surface area (Å²) in [5.41, 5.74) is 1.94. The molecule has 1 aromatic heterocycles. The lowest BCUT2D eigenvalue weighted by Crippen LogP contribution is -2.39. The highest BCUT2D eigenvalue weighted by Gasteiger charge is 2.38. The van der Waals surface area contributed by atoms with Gasteiger partial charge in [-0.1, -0.05) is 43.7 Å². The molecular weight excluding hydrogens is 414 g/mol. The van der Waals surface area contributed by atoms with Gasteiger partial charge in [0.25, 0.3) is 0 Å². The van der Waals surface area contributed by atoms with Gasteiger partial charge in [0.1, 0.15) is 6.61 Å². The molecule has 32 heavy (non-hydrogen) atoms. The Morgan fingerprint density at radius 3 is 2.59 bits per heavy atom. The molecule has 10 heteroatoms. The van der Waals surface area contributed by atoms with Crippen LogP contribution in [0.3, 0.4) is 0 Å². The normalized spacial score (nSPS) is 14.6. The number of urea groups is 1. The van der Waals surface area contributed by atoms with E-state index in [-0.39, 0.29) is 37.6 Å². The van der Waals surface area contributed by atoms with Gasteiger partial charge >= 0.3 is 18.2 Å². The maximum Gasteiger partial charge on any atom is 0.436 e. The van der Waals surface area contributed by atoms with E-state index in [0.717, 1.165) is 23.1 Å². The molecule has 2 heterocycles. The molecule has 1 unspecified atom stereocenters. The van der Waals surface area contributed by atoms with Crippen LogP contribution in [0.15, 0.2) is 30.3 Å². The predicted octanol–water partition coefficient (Wildman–Crippen LogP) is 4.02. The largest absolute Gasteiger partial charge is 0.448 e. The van der Waals surface area contributed by atoms with Crippen LogP contribution in [0.2, 0.25) is 0 Å². The standard InChI is InChI=1S/C22H29N5O5/c1-4-6-12-23-20(28)26-13-17-18(15(26)3)25-27(22(30)31-5-2)19(17)24-21(29)32-14-16-10-8-7-9-11-16/h7-11,15H,4-6,12-14H2,1-3H3,(H,23,28)(H,24,29). The van der Waals surface area contributed by atoms with Crippen LogP contribution in [-0.4, -0.2) is 46.0 Å². The van der Waals surface area contributed by atoms with Crippen LogP contribution in [0.1, 0.15) is 56.5 Å². The number of fused-ring (bicyclic) bond motifs is 1. The maximum atomic E-state index is 12.6. The van der Waals surface area contributed by atoms with Gasteiger partial charge in [-0.3, -0.25) is 5.32 Å². The number of nitrogens with one attached hydrogen (secondary N) is 2. The summed E-state index contributed by atoms with van der Waals surface area (Å²) in [4.78, 5) is 39.1. The first-order valence-electron chi connectivity index (χ1n) is 10.8. The van der Waals surface area contributed by atoms with Crippen LogP contribution < -0.4 is 10.6 Å². The number of benzene rings is 1. The van der Waals surface area contributed by atoms with E-state index in [1.54, 1.807) is 11.8 Å². The second kappa shape index (κ2) is 10.7. The molecule has 0 aliphatic carbocycles. The van der Waals surface area contributed by atoms with E-state index < -0.39 is 12.2 Å². The molecule has 0 saturated heterocycles. The van der Waals surface area contributed by atoms with Crippen molar-refractivity contribution in [3.8, 4) is 0 Å². The number of carbonyl (C=O) groups excluding carboxylic acids is 3. The van der Waals surface area contributed by atoms with Gasteiger partial charge in [0.05, 0.1) is 24.9 Å². The lowest BCUT2D eigenvalue weighted by Gasteiger charge is -2.22. The summed E-state index contributed by atoms with van der Waals surface area (Å²) < 4.78 is 11.4. The molecule has 2 aromatic rings. The lowest BCUT2D eigenvalue weighted by molar-refractivity contribution is 0.149. The number of nitrogens with zero attached hydrogens (tertiary/aromatic N) is 3. The predicted molar refractivity (Wildman–Crippen MR) is 117 cm³/mol. The van der Waals surface area contributed by atoms with Crippen molar-refractivity contribution in [2.24, 2.45) is 0 Å². The molecule has 2 N–H and O–H groups in total. The minimum absolute atomic E-state index is 0.0742. The fraction of sp³-hybridized carbons (Fsp3) is 0.455. The molecule has 1 aliphatic heterocycles. The molecule has 3 rings (SSSR count). The summed E-state index contributed by atoms with van der Waals surface area (Å²) >= 11 is 0. The van der Waals surface area contributed by atoms with E-state index in [0.29, 0.717) is 17.8 Å². The van der Waals surface area contributed by atoms with Crippen molar-refractivity contribution in [1.82, 2.24) is 20.0 Å². The van der Waals surface area contributed by atoms with Gasteiger partial charge < -0.3 is 19.7 Å². The molecule has 0 bridgehead atoms. The third-order valence-corrected chi connectivity index (χ3v) is 5.15. The third kappa shape index (κ3) is 5.19. The summed E-state index contributed by atoms with van der Waals surface area (Å²) in [6.07, 6.45) is 0.405. The van der Waals surface area contributed by atoms with Crippen LogP contribution in [0.5, 0.6) is 0 Å². The second-order valence-corrected chi connectivity index (χ2v) is 7.40. The molecule has 0 saturated carbocycles. The molecule has 1 aliphatic rings. The smallest absolute Gasteiger partial charge is 0.436 e. The van der Waals surface area contributed by atoms with Crippen molar-refractivity contribution in [2.45, 2.75) is 52.8 Å². The molecule has 0 fully saturated rings. The first kappa shape index (κ1) is 23.1. The number of amides is 3. The summed E-state index contributed by atoms with van der Waals surface area (Å²) in [7, 11) is 0. The molecule has 0 radical (unpaired) electrons. The monoisotopic (exact) mass is 443 g/mol. The fourth-order valence-corrected chi connectivity index (χ4v) is 3.44. The van der Waals surface area contributed by atoms with E-state index in [1.807, 2.05) is 44.2 Å². The van der Waals surface area contributed by atoms with E-state index >= 15 is 0 Å². The van der Waals surface area contributed by atoms with Gasteiger partial charge in [-0.2, -0.15) is 5.10 Å². The molecule has 0 spiro atoms. The Morgan fingerprint density at radius 2 is 1.91 bits per heavy atom. The Kier molecular flexibility index (Phi) is 7.69. The SMILES string of the molecule is CCCCNC(=O)N1Cc2c(nn(C(=O)OCC)c2NC(=O)OCc2ccccc2)C1C. The van der Waals surface area contributed by atoms with Crippen molar-refractivity contribution in [3.63, 3.8) is 0 Å². The Labute approximate surface area is 186 Å². The molecule has 10 nitrogen and oxygen atoms in total. The zero-order valence-electron chi connectivity index (χ0n) is 18.6. The van der Waals surface area contributed by atoms with Gasteiger partial charge in [0.2, 0.25) is 0 Å². The topological polar surface area (TPSA) is 115 Å². The van der Waals surface area contributed by atoms with Crippen LogP contribution in [0, 0.1) is 0 Å². The Morgan fingerprint density at radius 1 is 1.16 bits per heavy atom. The van der Waals surface area contributed by atoms with Crippen molar-refractivity contribution >= 4 is 24.0 Å². The molecule has 172 valence electrons. The first-order valence-corrected chi connectivity index (χ1v) is 10.8. The number of rotatable bonds is 7. The van der Waals surface area contributed by atoms with Gasteiger partial charge in [-0.25, -0.2) is 14.4 Å². The summed E-state index contributed by atoms with van der Waals surface area (Å²) in [6, 6.07) is 8.65. The zero-order valence-corrected chi connectivity index (χ0v) is 18.6. The highest BCUT2D eigenvalue weighted by molar-refractivity contribution is 5.89. The van der Waals surface area contributed by atoms with Crippen LogP contribution >= 0.6 is 0 Å². The number of anilines is 1. The third-order valence-electron chi connectivity index (χ3n) is 5.15. The molecule has 1 aromatic carbocycles. The van der Waals surface area contributed by atoms with Crippen molar-refractivity contribution < 1.29 is 23.9 Å². The fourth-order valence-electron chi connectivity index (χ4n) is 3.44. The number of aromatic nitrogens is 2. The van der Waals surface area contributed by atoms with Gasteiger partial charge in [-0.15, -0.1) is 4.68 Å². The number of hydrogen-bond acceptors (Lipinski definition) is 6. The Hall–Kier alpha value is -3.56. The van der Waals surface area contributed by atoms with Gasteiger partial charge in [-0.05, 0) is 25.8 Å². The van der Waals surface area contributed by atoms with E-state index in [1.165, 1.54) is 0 Å². The van der Waals surface area contributed by atoms with Crippen LogP contribution in [0.4, 0.5) is 20.2 Å². The van der Waals surface area contributed by atoms with Crippen molar-refractivity contribution in [1.29, 1.82) is 0 Å². The second-order valence-electron chi connectivity index (χ2n) is 7.40. The minimum atomic E-state index is -0.736. The van der Waals surface area contributed by atoms with Crippen molar-refractivity contribution in [3.05, 3.63) is 47.2 Å². The van der Waals surface area contributed by atoms with E-state index in [2.05, 4.69) is 15.7 Å². The average Bonchev–Trinajstić information content (AvgIpc) is 3.30. The number of carbonyl (C=O) groups is 3. The van der Waals surface area contributed by atoms with Crippen LogP contribution in [0.25, 0.3) is 0 Å². The number of unbranched alkanes of at least 4 members (excludes halogenated alkanes) is 1. The summed E-state index contributed by atoms with van der Waals surface area (Å²) in [6.45, 7) is 6.56. The highest BCUT2D eigenvalue weighted by Crippen LogP contribution is 2.37. The summed E-state index contributed by atoms with van der Waals surface area (Å²) in [5, 5.41) is 9.84. The summed E-state index contributed by atoms with van der Waals surface area (Å²) in [5.74, 6) is 0.146. The minimum Gasteiger partial charge on any atom is -0.448 e. The molecule has 3 amide bonds. The van der Waals surface area contributed by atoms with E-state index in [4.69, 9.17) is 9.47 Å². The van der Waals surface area contributed by atoms with Gasteiger partial charge in [0.15, 0.2) is 5.82 Å². The Bertz CT molecular complexity index is 959. The average molecular weight is 444 g/mol. The Balaban J connectivity index is 1.77. The zero-order chi connectivity index (χ0) is 23.1. The number of hydrogen-bond donors (Lipinski definition) is 2. The van der Waals surface area contributed by atoms with Gasteiger partial charge in [0, 0.05) is 12.1 Å². The quantitative estimate of drug-likeness (QED) is 0.625. The first-order chi connectivity index (χ1) is 15.5. The molecular formula is C22H29N5O5. The lowest BCUT2D eigenvalue weighted by atomic mass is 10.2. The van der Waals surface area contributed by atoms with Crippen LogP contribution in [-0.2, 0) is 22.6 Å². The highest BCUT2D eigenvalue weighted by atomic mass is 16.6. The van der Waals surface area contributed by atoms with E-state index in [9.17, 15) is 14.4 Å². The maximum absolute atomic E-state index is 12.6. The van der Waals surface area contributed by atoms with Crippen molar-refractivity contribution in [2.75, 3.05) is 18.5 Å².